The summed E-state index contributed by atoms with van der Waals surface area (Å²) in [5, 5.41) is 6.13. The van der Waals surface area contributed by atoms with E-state index in [-0.39, 0.29) is 5.88 Å². The molecule has 0 aromatic heterocycles. The van der Waals surface area contributed by atoms with Gasteiger partial charge in [-0.15, -0.1) is 0 Å². The number of anilines is 1. The molecule has 108 valence electrons. The van der Waals surface area contributed by atoms with Crippen LogP contribution < -0.4 is 10.6 Å². The maximum atomic E-state index is 11.4. The van der Waals surface area contributed by atoms with E-state index in [1.54, 1.807) is 6.92 Å². The van der Waals surface area contributed by atoms with Gasteiger partial charge < -0.3 is 20.1 Å². The number of hydrogen-bond acceptors (Lipinski definition) is 4. The number of rotatable bonds is 6. The van der Waals surface area contributed by atoms with Crippen LogP contribution in [-0.2, 0) is 14.3 Å². The van der Waals surface area contributed by atoms with Crippen molar-refractivity contribution in [3.8, 4) is 0 Å². The molecule has 0 heterocycles. The zero-order valence-corrected chi connectivity index (χ0v) is 12.3. The topological polar surface area (TPSA) is 59.6 Å². The van der Waals surface area contributed by atoms with E-state index in [4.69, 9.17) is 21.7 Å². The van der Waals surface area contributed by atoms with Crippen molar-refractivity contribution >= 4 is 29.0 Å². The summed E-state index contributed by atoms with van der Waals surface area (Å²) in [6.45, 7) is 4.27. The third kappa shape index (κ3) is 6.19. The monoisotopic (exact) mass is 294 g/mol. The first-order chi connectivity index (χ1) is 9.65. The number of ether oxygens (including phenoxy) is 2. The highest BCUT2D eigenvalue weighted by Crippen LogP contribution is 2.05. The summed E-state index contributed by atoms with van der Waals surface area (Å²) in [5.74, 6) is -0.231. The number of hydrogen-bond donors (Lipinski definition) is 2. The van der Waals surface area contributed by atoms with Crippen molar-refractivity contribution in [1.82, 2.24) is 5.32 Å². The summed E-state index contributed by atoms with van der Waals surface area (Å²) in [5.41, 5.74) is 0.844. The van der Waals surface area contributed by atoms with Crippen LogP contribution in [0.5, 0.6) is 0 Å². The van der Waals surface area contributed by atoms with Gasteiger partial charge in [-0.1, -0.05) is 18.2 Å². The number of para-hydroxylation sites is 1. The van der Waals surface area contributed by atoms with Crippen molar-refractivity contribution < 1.29 is 14.3 Å². The highest BCUT2D eigenvalue weighted by molar-refractivity contribution is 7.80. The highest BCUT2D eigenvalue weighted by atomic mass is 32.1. The van der Waals surface area contributed by atoms with Crippen molar-refractivity contribution in [2.24, 2.45) is 0 Å². The Morgan fingerprint density at radius 2 is 1.85 bits per heavy atom. The van der Waals surface area contributed by atoms with Crippen molar-refractivity contribution in [1.29, 1.82) is 0 Å². The minimum Gasteiger partial charge on any atom is -0.479 e. The molecule has 0 amide bonds. The fraction of sp³-hybridized carbons (Fsp3) is 0.286. The standard InChI is InChI=1S/C14H18N2O3S/c1-3-18-12(10-13(17)19-4-2)16-14(20)15-11-8-6-5-7-9-11/h5-10H,3-4H2,1-2H3,(H2,15,16,20). The van der Waals surface area contributed by atoms with Gasteiger partial charge in [0.1, 0.15) is 0 Å². The molecule has 20 heavy (non-hydrogen) atoms. The Kier molecular flexibility index (Phi) is 7.13. The molecule has 1 aromatic carbocycles. The molecule has 1 rings (SSSR count). The first-order valence-corrected chi connectivity index (χ1v) is 6.70. The van der Waals surface area contributed by atoms with Crippen LogP contribution in [0.2, 0.25) is 0 Å². The molecule has 0 aliphatic carbocycles. The number of carbonyl (C=O) groups excluding carboxylic acids is 1. The van der Waals surface area contributed by atoms with E-state index in [1.165, 1.54) is 6.08 Å². The second-order valence-electron chi connectivity index (χ2n) is 3.64. The van der Waals surface area contributed by atoms with Gasteiger partial charge >= 0.3 is 5.97 Å². The van der Waals surface area contributed by atoms with Crippen LogP contribution in [0.4, 0.5) is 5.69 Å². The molecule has 0 aliphatic rings. The van der Waals surface area contributed by atoms with Crippen LogP contribution in [0.15, 0.2) is 42.3 Å². The summed E-state index contributed by atoms with van der Waals surface area (Å²) in [7, 11) is 0. The third-order valence-corrected chi connectivity index (χ3v) is 2.31. The first kappa shape index (κ1) is 16.0. The normalized spacial score (nSPS) is 10.6. The predicted molar refractivity (Wildman–Crippen MR) is 82.1 cm³/mol. The molecule has 0 saturated carbocycles. The highest BCUT2D eigenvalue weighted by Gasteiger charge is 2.06. The average molecular weight is 294 g/mol. The van der Waals surface area contributed by atoms with Gasteiger partial charge in [-0.05, 0) is 38.2 Å². The molecule has 0 aliphatic heterocycles. The Hall–Kier alpha value is -2.08. The molecular formula is C14H18N2O3S. The molecule has 0 radical (unpaired) electrons. The van der Waals surface area contributed by atoms with Crippen LogP contribution in [0.25, 0.3) is 0 Å². The largest absolute Gasteiger partial charge is 0.479 e. The Morgan fingerprint density at radius 1 is 1.20 bits per heavy atom. The fourth-order valence-electron chi connectivity index (χ4n) is 1.36. The Bertz CT molecular complexity index is 475. The third-order valence-electron chi connectivity index (χ3n) is 2.10. The van der Waals surface area contributed by atoms with Crippen LogP contribution in [0, 0.1) is 0 Å². The first-order valence-electron chi connectivity index (χ1n) is 6.30. The van der Waals surface area contributed by atoms with E-state index in [2.05, 4.69) is 10.6 Å². The lowest BCUT2D eigenvalue weighted by molar-refractivity contribution is -0.137. The molecule has 0 fully saturated rings. The summed E-state index contributed by atoms with van der Waals surface area (Å²) >= 11 is 5.15. The minimum atomic E-state index is -0.481. The molecule has 0 unspecified atom stereocenters. The summed E-state index contributed by atoms with van der Waals surface area (Å²) in [6.07, 6.45) is 1.23. The number of esters is 1. The summed E-state index contributed by atoms with van der Waals surface area (Å²) in [6, 6.07) is 9.45. The van der Waals surface area contributed by atoms with E-state index in [1.807, 2.05) is 37.3 Å². The van der Waals surface area contributed by atoms with E-state index in [0.29, 0.717) is 18.3 Å². The molecule has 0 spiro atoms. The zero-order valence-electron chi connectivity index (χ0n) is 11.5. The number of benzene rings is 1. The smallest absolute Gasteiger partial charge is 0.336 e. The molecule has 2 N–H and O–H groups in total. The minimum absolute atomic E-state index is 0.249. The van der Waals surface area contributed by atoms with Gasteiger partial charge in [0, 0.05) is 5.69 Å². The van der Waals surface area contributed by atoms with Crippen LogP contribution in [0.3, 0.4) is 0 Å². The van der Waals surface area contributed by atoms with Crippen LogP contribution in [0.1, 0.15) is 13.8 Å². The molecule has 0 saturated heterocycles. The Morgan fingerprint density at radius 3 is 2.45 bits per heavy atom. The van der Waals surface area contributed by atoms with Crippen molar-refractivity contribution in [2.75, 3.05) is 18.5 Å². The van der Waals surface area contributed by atoms with Gasteiger partial charge in [0.05, 0.1) is 19.3 Å². The Labute approximate surface area is 124 Å². The number of nitrogens with one attached hydrogen (secondary N) is 2. The average Bonchev–Trinajstić information content (AvgIpc) is 2.40. The lowest BCUT2D eigenvalue weighted by Gasteiger charge is -2.13. The second-order valence-corrected chi connectivity index (χ2v) is 4.05. The van der Waals surface area contributed by atoms with Crippen LogP contribution >= 0.6 is 12.2 Å². The lowest BCUT2D eigenvalue weighted by atomic mass is 10.3. The molecule has 5 nitrogen and oxygen atoms in total. The number of carbonyl (C=O) groups is 1. The predicted octanol–water partition coefficient (Wildman–Crippen LogP) is 2.41. The SMILES string of the molecule is CCOC(=O)C=C(NC(=S)Nc1ccccc1)OCC. The Balaban J connectivity index is 2.61. The van der Waals surface area contributed by atoms with Gasteiger partial charge in [-0.25, -0.2) is 4.79 Å². The van der Waals surface area contributed by atoms with E-state index < -0.39 is 5.97 Å². The van der Waals surface area contributed by atoms with Gasteiger partial charge in [-0.3, -0.25) is 0 Å². The quantitative estimate of drug-likeness (QED) is 0.364. The van der Waals surface area contributed by atoms with Gasteiger partial charge in [-0.2, -0.15) is 0 Å². The second kappa shape index (κ2) is 8.92. The molecular weight excluding hydrogens is 276 g/mol. The van der Waals surface area contributed by atoms with Crippen molar-refractivity contribution in [3.63, 3.8) is 0 Å². The molecule has 1 aromatic rings. The number of thiocarbonyl (C=S) groups is 1. The maximum absolute atomic E-state index is 11.4. The van der Waals surface area contributed by atoms with Gasteiger partial charge in [0.15, 0.2) is 11.0 Å². The van der Waals surface area contributed by atoms with E-state index in [0.717, 1.165) is 5.69 Å². The molecule has 0 bridgehead atoms. The summed E-state index contributed by atoms with van der Waals surface area (Å²) < 4.78 is 10.1. The molecule has 0 atom stereocenters. The van der Waals surface area contributed by atoms with Gasteiger partial charge in [0.2, 0.25) is 0 Å². The summed E-state index contributed by atoms with van der Waals surface area (Å²) in [4.78, 5) is 11.4. The van der Waals surface area contributed by atoms with E-state index >= 15 is 0 Å². The van der Waals surface area contributed by atoms with Gasteiger partial charge in [0.25, 0.3) is 0 Å². The maximum Gasteiger partial charge on any atom is 0.336 e. The van der Waals surface area contributed by atoms with Crippen molar-refractivity contribution in [2.45, 2.75) is 13.8 Å². The van der Waals surface area contributed by atoms with Crippen molar-refractivity contribution in [3.05, 3.63) is 42.3 Å². The molecule has 6 heteroatoms. The lowest BCUT2D eigenvalue weighted by Crippen LogP contribution is -2.29. The van der Waals surface area contributed by atoms with Crippen LogP contribution in [-0.4, -0.2) is 24.3 Å². The fourth-order valence-corrected chi connectivity index (χ4v) is 1.57. The zero-order chi connectivity index (χ0) is 14.8. The van der Waals surface area contributed by atoms with E-state index in [9.17, 15) is 4.79 Å².